The Kier molecular flexibility index (Phi) is 5.29. The minimum Gasteiger partial charge on any atom is -0.382 e. The van der Waals surface area contributed by atoms with Crippen molar-refractivity contribution in [2.24, 2.45) is 5.73 Å². The van der Waals surface area contributed by atoms with Gasteiger partial charge in [-0.15, -0.1) is 0 Å². The van der Waals surface area contributed by atoms with E-state index in [1.807, 2.05) is 0 Å². The lowest BCUT2D eigenvalue weighted by Crippen LogP contribution is -2.34. The van der Waals surface area contributed by atoms with Crippen molar-refractivity contribution >= 4 is 15.5 Å². The maximum absolute atomic E-state index is 12.0. The van der Waals surface area contributed by atoms with E-state index in [1.165, 1.54) is 12.3 Å². The third kappa shape index (κ3) is 4.31. The molecule has 0 aliphatic heterocycles. The lowest BCUT2D eigenvalue weighted by molar-refractivity contribution is 0.543. The van der Waals surface area contributed by atoms with Gasteiger partial charge in [-0.25, -0.2) is 13.1 Å². The van der Waals surface area contributed by atoms with Crippen LogP contribution in [0.2, 0.25) is 0 Å². The van der Waals surface area contributed by atoms with E-state index in [-0.39, 0.29) is 17.9 Å². The molecule has 0 fully saturated rings. The zero-order valence-corrected chi connectivity index (χ0v) is 12.9. The van der Waals surface area contributed by atoms with Crippen molar-refractivity contribution in [1.29, 1.82) is 0 Å². The highest BCUT2D eigenvalue weighted by Crippen LogP contribution is 2.15. The highest BCUT2D eigenvalue weighted by atomic mass is 32.2. The lowest BCUT2D eigenvalue weighted by atomic mass is 10.3. The van der Waals surface area contributed by atoms with Crippen molar-refractivity contribution < 1.29 is 8.42 Å². The molecule has 3 N–H and O–H groups in total. The first kappa shape index (κ1) is 16.6. The SMILES string of the molecule is CC(C)(C)S(=O)(=O)CCn1ncc(NCCN)cc1=O. The average Bonchev–Trinajstić information content (AvgIpc) is 2.33. The predicted octanol–water partition coefficient (Wildman–Crippen LogP) is -0.173. The maximum Gasteiger partial charge on any atom is 0.268 e. The Morgan fingerprint density at radius 2 is 2.05 bits per heavy atom. The molecule has 0 bridgehead atoms. The second-order valence-electron chi connectivity index (χ2n) is 5.45. The molecular weight excluding hydrogens is 280 g/mol. The van der Waals surface area contributed by atoms with Gasteiger partial charge < -0.3 is 11.1 Å². The van der Waals surface area contributed by atoms with Gasteiger partial charge in [0.2, 0.25) is 0 Å². The van der Waals surface area contributed by atoms with Gasteiger partial charge in [0.15, 0.2) is 9.84 Å². The van der Waals surface area contributed by atoms with E-state index >= 15 is 0 Å². The van der Waals surface area contributed by atoms with E-state index in [4.69, 9.17) is 5.73 Å². The molecule has 1 rings (SSSR count). The second-order valence-corrected chi connectivity index (χ2v) is 8.31. The predicted molar refractivity (Wildman–Crippen MR) is 79.6 cm³/mol. The summed E-state index contributed by atoms with van der Waals surface area (Å²) in [6.45, 7) is 5.96. The van der Waals surface area contributed by atoms with Crippen LogP contribution in [0.5, 0.6) is 0 Å². The van der Waals surface area contributed by atoms with Gasteiger partial charge in [-0.2, -0.15) is 5.10 Å². The number of aromatic nitrogens is 2. The second kappa shape index (κ2) is 6.36. The van der Waals surface area contributed by atoms with E-state index in [1.54, 1.807) is 20.8 Å². The normalized spacial score (nSPS) is 12.4. The molecule has 0 unspecified atom stereocenters. The van der Waals surface area contributed by atoms with Gasteiger partial charge in [-0.3, -0.25) is 4.79 Å². The molecule has 8 heteroatoms. The van der Waals surface area contributed by atoms with Crippen LogP contribution in [0.15, 0.2) is 17.1 Å². The topological polar surface area (TPSA) is 107 Å². The zero-order valence-electron chi connectivity index (χ0n) is 12.1. The number of nitrogens with zero attached hydrogens (tertiary/aromatic N) is 2. The summed E-state index contributed by atoms with van der Waals surface area (Å²) in [4.78, 5) is 11.8. The molecule has 1 aromatic heterocycles. The number of hydrogen-bond donors (Lipinski definition) is 2. The number of anilines is 1. The fourth-order valence-electron chi connectivity index (χ4n) is 1.43. The molecule has 0 aliphatic carbocycles. The smallest absolute Gasteiger partial charge is 0.268 e. The maximum atomic E-state index is 12.0. The van der Waals surface area contributed by atoms with Crippen LogP contribution in [0.25, 0.3) is 0 Å². The van der Waals surface area contributed by atoms with Gasteiger partial charge in [0.1, 0.15) is 0 Å². The van der Waals surface area contributed by atoms with Gasteiger partial charge in [-0.05, 0) is 20.8 Å². The van der Waals surface area contributed by atoms with Gasteiger partial charge in [0.25, 0.3) is 5.56 Å². The fraction of sp³-hybridized carbons (Fsp3) is 0.667. The Balaban J connectivity index is 2.78. The molecule has 0 spiro atoms. The van der Waals surface area contributed by atoms with Crippen LogP contribution < -0.4 is 16.6 Å². The molecule has 0 aliphatic rings. The summed E-state index contributed by atoms with van der Waals surface area (Å²) in [7, 11) is -3.27. The van der Waals surface area contributed by atoms with Gasteiger partial charge in [0.05, 0.1) is 28.9 Å². The fourth-order valence-corrected chi connectivity index (χ4v) is 2.45. The Morgan fingerprint density at radius 1 is 1.40 bits per heavy atom. The number of sulfone groups is 1. The molecule has 0 radical (unpaired) electrons. The summed E-state index contributed by atoms with van der Waals surface area (Å²) >= 11 is 0. The molecule has 20 heavy (non-hydrogen) atoms. The number of nitrogens with one attached hydrogen (secondary N) is 1. The summed E-state index contributed by atoms with van der Waals surface area (Å²) in [5.41, 5.74) is 5.59. The van der Waals surface area contributed by atoms with Gasteiger partial charge in [0, 0.05) is 19.2 Å². The molecule has 0 saturated carbocycles. The lowest BCUT2D eigenvalue weighted by Gasteiger charge is -2.19. The molecule has 0 aromatic carbocycles. The van der Waals surface area contributed by atoms with Crippen LogP contribution in [-0.4, -0.2) is 41.8 Å². The number of aryl methyl sites for hydroxylation is 1. The Bertz CT molecular complexity index is 602. The third-order valence-corrected chi connectivity index (χ3v) is 5.43. The first-order valence-electron chi connectivity index (χ1n) is 6.41. The summed E-state index contributed by atoms with van der Waals surface area (Å²) in [5, 5.41) is 6.89. The average molecular weight is 302 g/mol. The first-order chi connectivity index (χ1) is 9.17. The van der Waals surface area contributed by atoms with Crippen LogP contribution in [0, 0.1) is 0 Å². The molecule has 114 valence electrons. The zero-order chi connectivity index (χ0) is 15.4. The number of rotatable bonds is 6. The molecular formula is C12H22N4O3S. The van der Waals surface area contributed by atoms with E-state index < -0.39 is 14.6 Å². The largest absolute Gasteiger partial charge is 0.382 e. The quantitative estimate of drug-likeness (QED) is 0.755. The Morgan fingerprint density at radius 3 is 2.55 bits per heavy atom. The van der Waals surface area contributed by atoms with E-state index in [0.29, 0.717) is 18.8 Å². The van der Waals surface area contributed by atoms with Crippen LogP contribution in [-0.2, 0) is 16.4 Å². The van der Waals surface area contributed by atoms with Crippen LogP contribution in [0.1, 0.15) is 20.8 Å². The molecule has 1 aromatic rings. The van der Waals surface area contributed by atoms with Crippen molar-refractivity contribution in [3.05, 3.63) is 22.6 Å². The number of nitrogens with two attached hydrogens (primary N) is 1. The minimum atomic E-state index is -3.27. The van der Waals surface area contributed by atoms with Gasteiger partial charge in [-0.1, -0.05) is 0 Å². The first-order valence-corrected chi connectivity index (χ1v) is 8.06. The molecule has 0 atom stereocenters. The van der Waals surface area contributed by atoms with Crippen molar-refractivity contribution in [3.8, 4) is 0 Å². The summed E-state index contributed by atoms with van der Waals surface area (Å²) in [6.07, 6.45) is 1.49. The van der Waals surface area contributed by atoms with E-state index in [9.17, 15) is 13.2 Å². The molecule has 7 nitrogen and oxygen atoms in total. The number of hydrogen-bond acceptors (Lipinski definition) is 6. The van der Waals surface area contributed by atoms with Crippen LogP contribution in [0.3, 0.4) is 0 Å². The van der Waals surface area contributed by atoms with E-state index in [2.05, 4.69) is 10.4 Å². The van der Waals surface area contributed by atoms with Crippen molar-refractivity contribution in [2.45, 2.75) is 32.1 Å². The third-order valence-electron chi connectivity index (χ3n) is 2.85. The standard InChI is InChI=1S/C12H22N4O3S/c1-12(2,3)20(18,19)7-6-16-11(17)8-10(9-15-16)14-5-4-13/h8-9,14H,4-7,13H2,1-3H3. The minimum absolute atomic E-state index is 0.0512. The monoisotopic (exact) mass is 302 g/mol. The summed E-state index contributed by atoms with van der Waals surface area (Å²) in [6, 6.07) is 1.38. The van der Waals surface area contributed by atoms with Crippen molar-refractivity contribution in [3.63, 3.8) is 0 Å². The van der Waals surface area contributed by atoms with Gasteiger partial charge >= 0.3 is 0 Å². The van der Waals surface area contributed by atoms with Crippen LogP contribution in [0.4, 0.5) is 5.69 Å². The molecule has 1 heterocycles. The van der Waals surface area contributed by atoms with E-state index in [0.717, 1.165) is 4.68 Å². The summed E-state index contributed by atoms with van der Waals surface area (Å²) < 4.78 is 24.3. The van der Waals surface area contributed by atoms with Crippen molar-refractivity contribution in [1.82, 2.24) is 9.78 Å². The Hall–Kier alpha value is -1.41. The highest BCUT2D eigenvalue weighted by molar-refractivity contribution is 7.92. The van der Waals surface area contributed by atoms with Crippen molar-refractivity contribution in [2.75, 3.05) is 24.2 Å². The highest BCUT2D eigenvalue weighted by Gasteiger charge is 2.28. The van der Waals surface area contributed by atoms with Crippen LogP contribution >= 0.6 is 0 Å². The molecule has 0 saturated heterocycles. The Labute approximate surface area is 119 Å². The molecule has 0 amide bonds. The summed E-state index contributed by atoms with van der Waals surface area (Å²) in [5.74, 6) is -0.112.